The molecule has 0 bridgehead atoms. The fourth-order valence-corrected chi connectivity index (χ4v) is 7.58. The molecule has 0 saturated heterocycles. The minimum absolute atomic E-state index is 0. The zero-order valence-electron chi connectivity index (χ0n) is 42.5. The van der Waals surface area contributed by atoms with E-state index in [2.05, 4.69) is 320 Å². The summed E-state index contributed by atoms with van der Waals surface area (Å²) in [5.74, 6) is 0. The van der Waals surface area contributed by atoms with Gasteiger partial charge in [-0.25, -0.2) is 0 Å². The quantitative estimate of drug-likeness (QED) is 0.122. The molecule has 0 heterocycles. The Kier molecular flexibility index (Phi) is 20.6. The predicted molar refractivity (Wildman–Crippen MR) is 320 cm³/mol. The van der Waals surface area contributed by atoms with Crippen LogP contribution in [0.2, 0.25) is 0 Å². The van der Waals surface area contributed by atoms with Gasteiger partial charge in [0.25, 0.3) is 0 Å². The van der Waals surface area contributed by atoms with E-state index in [0.29, 0.717) is 0 Å². The van der Waals surface area contributed by atoms with Gasteiger partial charge < -0.3 is 6.15 Å². The molecule has 9 aromatic rings. The highest BCUT2D eigenvalue weighted by molar-refractivity contribution is 5.76. The van der Waals surface area contributed by atoms with Gasteiger partial charge in [0, 0.05) is 0 Å². The van der Waals surface area contributed by atoms with E-state index in [1.807, 2.05) is 12.1 Å². The Morgan fingerprint density at radius 1 is 0.167 bits per heavy atom. The first-order valence-electron chi connectivity index (χ1n) is 24.4. The van der Waals surface area contributed by atoms with Gasteiger partial charge in [-0.1, -0.05) is 325 Å². The number of aryl methyl sites for hydroxylation is 5. The summed E-state index contributed by atoms with van der Waals surface area (Å²) >= 11 is 0. The first-order valence-corrected chi connectivity index (χ1v) is 24.4. The van der Waals surface area contributed by atoms with Crippen LogP contribution in [0.25, 0.3) is 72.9 Å². The van der Waals surface area contributed by atoms with E-state index >= 15 is 0 Å². The highest BCUT2D eigenvalue weighted by atomic mass is 14.0. The van der Waals surface area contributed by atoms with Crippen molar-refractivity contribution in [3.63, 3.8) is 0 Å². The zero-order chi connectivity index (χ0) is 49.5. The second-order valence-corrected chi connectivity index (χ2v) is 18.0. The van der Waals surface area contributed by atoms with E-state index < -0.39 is 0 Å². The Morgan fingerprint density at radius 3 is 0.542 bits per heavy atom. The Hall–Kier alpha value is -8.62. The standard InChI is InChI=1S/C25H24.2C23H20.H3N/c1-19-4-6-22(7-5-19)8-9-23-10-12-24(13-11-23)14-15-25-17-20(2)16-21(3)18-25;2*1-19-7-9-21(10-8-19)13-14-23-17-15-22(16-18-23)12-11-20-5-3-2-4-6-20;/h4-18H,1-3H3;2*2-18H,1H3;1H3. The van der Waals surface area contributed by atoms with Crippen molar-refractivity contribution < 1.29 is 0 Å². The van der Waals surface area contributed by atoms with Gasteiger partial charge in [-0.3, -0.25) is 0 Å². The average Bonchev–Trinajstić information content (AvgIpc) is 3.40. The summed E-state index contributed by atoms with van der Waals surface area (Å²) in [5, 5.41) is 0. The lowest BCUT2D eigenvalue weighted by atomic mass is 10.1. The minimum atomic E-state index is 0. The Balaban J connectivity index is 0.000000175. The van der Waals surface area contributed by atoms with Crippen LogP contribution in [0.3, 0.4) is 0 Å². The Labute approximate surface area is 430 Å². The van der Waals surface area contributed by atoms with Crippen molar-refractivity contribution in [3.05, 3.63) is 319 Å². The third-order valence-electron chi connectivity index (χ3n) is 11.7. The summed E-state index contributed by atoms with van der Waals surface area (Å²) in [6, 6.07) is 78.8. The molecule has 0 spiro atoms. The molecule has 0 atom stereocenters. The largest absolute Gasteiger partial charge is 0.344 e. The zero-order valence-corrected chi connectivity index (χ0v) is 42.5. The number of benzene rings is 9. The molecule has 356 valence electrons. The van der Waals surface area contributed by atoms with Crippen LogP contribution < -0.4 is 6.15 Å². The molecule has 0 aliphatic carbocycles. The molecule has 0 unspecified atom stereocenters. The normalized spacial score (nSPS) is 11.2. The van der Waals surface area contributed by atoms with Crippen LogP contribution in [0.4, 0.5) is 0 Å². The molecule has 0 amide bonds. The second-order valence-electron chi connectivity index (χ2n) is 18.0. The molecule has 9 rings (SSSR count). The van der Waals surface area contributed by atoms with Crippen molar-refractivity contribution in [2.45, 2.75) is 34.6 Å². The van der Waals surface area contributed by atoms with Crippen LogP contribution >= 0.6 is 0 Å². The topological polar surface area (TPSA) is 35.0 Å². The van der Waals surface area contributed by atoms with Crippen LogP contribution in [-0.2, 0) is 0 Å². The molecule has 9 aromatic carbocycles. The van der Waals surface area contributed by atoms with E-state index in [9.17, 15) is 0 Å². The summed E-state index contributed by atoms with van der Waals surface area (Å²) in [4.78, 5) is 0. The fourth-order valence-electron chi connectivity index (χ4n) is 7.58. The first-order chi connectivity index (χ1) is 34.7. The summed E-state index contributed by atoms with van der Waals surface area (Å²) < 4.78 is 0. The van der Waals surface area contributed by atoms with E-state index in [4.69, 9.17) is 0 Å². The van der Waals surface area contributed by atoms with Crippen LogP contribution in [0.5, 0.6) is 0 Å². The van der Waals surface area contributed by atoms with Crippen LogP contribution in [-0.4, -0.2) is 0 Å². The predicted octanol–water partition coefficient (Wildman–Crippen LogP) is 19.8. The number of hydrogen-bond acceptors (Lipinski definition) is 1. The van der Waals surface area contributed by atoms with E-state index in [0.717, 1.165) is 0 Å². The average molecular weight is 934 g/mol. The first kappa shape index (κ1) is 52.7. The molecular formula is C71H67N. The van der Waals surface area contributed by atoms with E-state index in [1.54, 1.807) is 0 Å². The van der Waals surface area contributed by atoms with Crippen LogP contribution in [0, 0.1) is 34.6 Å². The molecule has 0 aromatic heterocycles. The lowest BCUT2D eigenvalue weighted by Gasteiger charge is -2.00. The van der Waals surface area contributed by atoms with Crippen molar-refractivity contribution >= 4 is 72.9 Å². The van der Waals surface area contributed by atoms with Crippen molar-refractivity contribution in [1.82, 2.24) is 6.15 Å². The SMILES string of the molecule is Cc1ccc(C=Cc2ccc(C=Cc3cc(C)cc(C)c3)cc2)cc1.Cc1ccc(C=Cc2ccc(C=Cc3ccccc3)cc2)cc1.Cc1ccc(C=Cc2ccc(C=Cc3ccccc3)cc2)cc1.N. The molecule has 72 heavy (non-hydrogen) atoms. The summed E-state index contributed by atoms with van der Waals surface area (Å²) in [7, 11) is 0. The molecule has 1 nitrogen and oxygen atoms in total. The van der Waals surface area contributed by atoms with E-state index in [-0.39, 0.29) is 6.15 Å². The Bertz CT molecular complexity index is 3020. The van der Waals surface area contributed by atoms with Crippen molar-refractivity contribution in [2.24, 2.45) is 0 Å². The summed E-state index contributed by atoms with van der Waals surface area (Å²) in [6.45, 7) is 10.6. The van der Waals surface area contributed by atoms with E-state index in [1.165, 1.54) is 94.6 Å². The third kappa shape index (κ3) is 18.7. The molecule has 0 fully saturated rings. The molecule has 3 N–H and O–H groups in total. The van der Waals surface area contributed by atoms with Gasteiger partial charge in [0.2, 0.25) is 0 Å². The van der Waals surface area contributed by atoms with Gasteiger partial charge >= 0.3 is 0 Å². The smallest absolute Gasteiger partial charge is 0.0251 e. The lowest BCUT2D eigenvalue weighted by molar-refractivity contribution is 1.37. The fraction of sp³-hybridized carbons (Fsp3) is 0.0704. The van der Waals surface area contributed by atoms with Crippen LogP contribution in [0.15, 0.2) is 224 Å². The maximum atomic E-state index is 2.21. The summed E-state index contributed by atoms with van der Waals surface area (Å²) in [6.07, 6.45) is 25.8. The van der Waals surface area contributed by atoms with Gasteiger partial charge in [-0.15, -0.1) is 0 Å². The summed E-state index contributed by atoms with van der Waals surface area (Å²) in [5.41, 5.74) is 21.1. The monoisotopic (exact) mass is 934 g/mol. The van der Waals surface area contributed by atoms with Gasteiger partial charge in [0.05, 0.1) is 0 Å². The number of hydrogen-bond donors (Lipinski definition) is 1. The molecular weight excluding hydrogens is 867 g/mol. The highest BCUT2D eigenvalue weighted by Gasteiger charge is 1.96. The molecule has 0 aliphatic heterocycles. The van der Waals surface area contributed by atoms with Crippen molar-refractivity contribution in [2.75, 3.05) is 0 Å². The van der Waals surface area contributed by atoms with Gasteiger partial charge in [0.15, 0.2) is 0 Å². The van der Waals surface area contributed by atoms with Gasteiger partial charge in [-0.2, -0.15) is 0 Å². The molecule has 0 radical (unpaired) electrons. The minimum Gasteiger partial charge on any atom is -0.344 e. The van der Waals surface area contributed by atoms with Gasteiger partial charge in [0.1, 0.15) is 0 Å². The maximum Gasteiger partial charge on any atom is -0.0251 e. The second kappa shape index (κ2) is 28.1. The Morgan fingerprint density at radius 2 is 0.333 bits per heavy atom. The molecule has 0 saturated carbocycles. The van der Waals surface area contributed by atoms with Crippen LogP contribution in [0.1, 0.15) is 94.6 Å². The number of rotatable bonds is 12. The lowest BCUT2D eigenvalue weighted by Crippen LogP contribution is -1.80. The van der Waals surface area contributed by atoms with Crippen molar-refractivity contribution in [1.29, 1.82) is 0 Å². The van der Waals surface area contributed by atoms with Crippen molar-refractivity contribution in [3.8, 4) is 0 Å². The molecule has 1 heteroatoms. The highest BCUT2D eigenvalue weighted by Crippen LogP contribution is 2.18. The molecule has 0 aliphatic rings. The third-order valence-corrected chi connectivity index (χ3v) is 11.7. The van der Waals surface area contributed by atoms with Gasteiger partial charge in [-0.05, 0) is 101 Å². The maximum absolute atomic E-state index is 2.21.